The number of aromatic hydroxyl groups is 1. The molecule has 76 valence electrons. The van der Waals surface area contributed by atoms with E-state index in [4.69, 9.17) is 5.11 Å². The van der Waals surface area contributed by atoms with Gasteiger partial charge in [0.1, 0.15) is 5.75 Å². The number of phenols is 1. The molecule has 0 saturated heterocycles. The molecule has 0 radical (unpaired) electrons. The molecule has 3 nitrogen and oxygen atoms in total. The second-order valence-corrected chi connectivity index (χ2v) is 3.87. The van der Waals surface area contributed by atoms with Gasteiger partial charge >= 0.3 is 5.97 Å². The summed E-state index contributed by atoms with van der Waals surface area (Å²) in [5.74, 6) is -0.998. The average Bonchev–Trinajstić information content (AvgIpc) is 2.10. The van der Waals surface area contributed by atoms with Gasteiger partial charge in [0.25, 0.3) is 0 Å². The van der Waals surface area contributed by atoms with E-state index in [0.29, 0.717) is 4.47 Å². The fourth-order valence-corrected chi connectivity index (χ4v) is 1.89. The first kappa shape index (κ1) is 11.0. The van der Waals surface area contributed by atoms with Gasteiger partial charge in [0, 0.05) is 10.0 Å². The molecular weight excluding hydrogens is 248 g/mol. The van der Waals surface area contributed by atoms with Crippen molar-refractivity contribution in [2.24, 2.45) is 0 Å². The summed E-state index contributed by atoms with van der Waals surface area (Å²) in [5.41, 5.74) is 0.853. The maximum absolute atomic E-state index is 10.6. The first-order valence-electron chi connectivity index (χ1n) is 4.31. The number of hydrogen-bond acceptors (Lipinski definition) is 2. The Morgan fingerprint density at radius 1 is 1.50 bits per heavy atom. The molecular formula is C10H11BrO3. The number of hydrogen-bond donors (Lipinski definition) is 2. The highest BCUT2D eigenvalue weighted by atomic mass is 79.9. The van der Waals surface area contributed by atoms with E-state index in [-0.39, 0.29) is 11.3 Å². The first-order chi connectivity index (χ1) is 6.56. The lowest BCUT2D eigenvalue weighted by atomic mass is 10.1. The van der Waals surface area contributed by atoms with Crippen LogP contribution in [0.5, 0.6) is 5.75 Å². The molecule has 0 aliphatic carbocycles. The van der Waals surface area contributed by atoms with Crippen molar-refractivity contribution < 1.29 is 15.0 Å². The zero-order valence-corrected chi connectivity index (χ0v) is 9.34. The predicted molar refractivity (Wildman–Crippen MR) is 56.8 cm³/mol. The molecule has 0 atom stereocenters. The van der Waals surface area contributed by atoms with E-state index < -0.39 is 5.97 Å². The topological polar surface area (TPSA) is 57.5 Å². The van der Waals surface area contributed by atoms with Gasteiger partial charge in [0.2, 0.25) is 0 Å². The first-order valence-corrected chi connectivity index (χ1v) is 5.10. The zero-order valence-electron chi connectivity index (χ0n) is 7.75. The molecule has 0 heterocycles. The number of carbonyl (C=O) groups is 1. The molecule has 0 fully saturated rings. The highest BCUT2D eigenvalue weighted by molar-refractivity contribution is 9.10. The predicted octanol–water partition coefficient (Wildman–Crippen LogP) is 2.81. The highest BCUT2D eigenvalue weighted by Crippen LogP contribution is 2.29. The minimum atomic E-state index is -1.04. The lowest BCUT2D eigenvalue weighted by molar-refractivity contribution is 0.0696. The van der Waals surface area contributed by atoms with Crippen LogP contribution in [-0.4, -0.2) is 16.2 Å². The molecule has 0 aliphatic rings. The van der Waals surface area contributed by atoms with E-state index in [1.54, 1.807) is 0 Å². The van der Waals surface area contributed by atoms with Crippen LogP contribution in [0.3, 0.4) is 0 Å². The normalized spacial score (nSPS) is 10.1. The molecule has 0 aromatic heterocycles. The fourth-order valence-electron chi connectivity index (χ4n) is 1.24. The third-order valence-electron chi connectivity index (χ3n) is 1.92. The van der Waals surface area contributed by atoms with Crippen LogP contribution in [0.1, 0.15) is 29.3 Å². The van der Waals surface area contributed by atoms with Crippen LogP contribution >= 0.6 is 15.9 Å². The van der Waals surface area contributed by atoms with Gasteiger partial charge in [0.15, 0.2) is 0 Å². The Morgan fingerprint density at radius 2 is 2.14 bits per heavy atom. The van der Waals surface area contributed by atoms with Crippen LogP contribution in [0.2, 0.25) is 0 Å². The van der Waals surface area contributed by atoms with Gasteiger partial charge in [0.05, 0.1) is 5.56 Å². The molecule has 1 aromatic carbocycles. The summed E-state index contributed by atoms with van der Waals surface area (Å²) >= 11 is 3.24. The lowest BCUT2D eigenvalue weighted by Crippen LogP contribution is -1.98. The SMILES string of the molecule is CCCc1c(O)cc(C(=O)O)cc1Br. The number of aromatic carboxylic acids is 1. The maximum Gasteiger partial charge on any atom is 0.335 e. The second-order valence-electron chi connectivity index (χ2n) is 3.01. The number of rotatable bonds is 3. The summed E-state index contributed by atoms with van der Waals surface area (Å²) in [6.07, 6.45) is 1.63. The molecule has 0 unspecified atom stereocenters. The Balaban J connectivity index is 3.18. The second kappa shape index (κ2) is 4.46. The Kier molecular flexibility index (Phi) is 3.52. The zero-order chi connectivity index (χ0) is 10.7. The monoisotopic (exact) mass is 258 g/mol. The van der Waals surface area contributed by atoms with Crippen LogP contribution in [0.4, 0.5) is 0 Å². The molecule has 0 spiro atoms. The Bertz CT molecular complexity index is 337. The molecule has 0 bridgehead atoms. The van der Waals surface area contributed by atoms with Crippen molar-refractivity contribution in [1.82, 2.24) is 0 Å². The van der Waals surface area contributed by atoms with Crippen molar-refractivity contribution in [3.05, 3.63) is 27.7 Å². The van der Waals surface area contributed by atoms with E-state index in [1.807, 2.05) is 6.92 Å². The molecule has 1 aromatic rings. The Hall–Kier alpha value is -1.03. The van der Waals surface area contributed by atoms with Crippen LogP contribution in [-0.2, 0) is 6.42 Å². The number of halogens is 1. The van der Waals surface area contributed by atoms with Gasteiger partial charge in [-0.25, -0.2) is 4.79 Å². The van der Waals surface area contributed by atoms with Crippen LogP contribution in [0.15, 0.2) is 16.6 Å². The summed E-state index contributed by atoms with van der Waals surface area (Å²) in [7, 11) is 0. The smallest absolute Gasteiger partial charge is 0.335 e. The molecule has 1 rings (SSSR count). The maximum atomic E-state index is 10.6. The lowest BCUT2D eigenvalue weighted by Gasteiger charge is -2.07. The summed E-state index contributed by atoms with van der Waals surface area (Å²) in [6, 6.07) is 2.78. The number of phenolic OH excluding ortho intramolecular Hbond substituents is 1. The van der Waals surface area contributed by atoms with Crippen molar-refractivity contribution in [2.75, 3.05) is 0 Å². The highest BCUT2D eigenvalue weighted by Gasteiger charge is 2.11. The van der Waals surface area contributed by atoms with Crippen molar-refractivity contribution in [2.45, 2.75) is 19.8 Å². The average molecular weight is 259 g/mol. The van der Waals surface area contributed by atoms with E-state index in [1.165, 1.54) is 12.1 Å². The van der Waals surface area contributed by atoms with E-state index in [2.05, 4.69) is 15.9 Å². The molecule has 0 amide bonds. The van der Waals surface area contributed by atoms with Gasteiger partial charge in [-0.3, -0.25) is 0 Å². The van der Waals surface area contributed by atoms with Crippen molar-refractivity contribution in [3.8, 4) is 5.75 Å². The van der Waals surface area contributed by atoms with Gasteiger partial charge < -0.3 is 10.2 Å². The molecule has 14 heavy (non-hydrogen) atoms. The third kappa shape index (κ3) is 2.26. The van der Waals surface area contributed by atoms with Crippen molar-refractivity contribution >= 4 is 21.9 Å². The third-order valence-corrected chi connectivity index (χ3v) is 2.63. The van der Waals surface area contributed by atoms with Crippen molar-refractivity contribution in [1.29, 1.82) is 0 Å². The Morgan fingerprint density at radius 3 is 2.57 bits per heavy atom. The van der Waals surface area contributed by atoms with Crippen molar-refractivity contribution in [3.63, 3.8) is 0 Å². The van der Waals surface area contributed by atoms with E-state index >= 15 is 0 Å². The molecule has 0 aliphatic heterocycles. The van der Waals surface area contributed by atoms with E-state index in [0.717, 1.165) is 18.4 Å². The minimum Gasteiger partial charge on any atom is -0.508 e. The van der Waals surface area contributed by atoms with E-state index in [9.17, 15) is 9.90 Å². The molecule has 0 saturated carbocycles. The number of carboxylic acids is 1. The van der Waals surface area contributed by atoms with Gasteiger partial charge in [-0.1, -0.05) is 29.3 Å². The standard InChI is InChI=1S/C10H11BrO3/c1-2-3-7-8(11)4-6(10(13)14)5-9(7)12/h4-5,12H,2-3H2,1H3,(H,13,14). The summed E-state index contributed by atoms with van der Waals surface area (Å²) < 4.78 is 0.650. The van der Waals surface area contributed by atoms with Crippen LogP contribution in [0, 0.1) is 0 Å². The number of benzene rings is 1. The summed E-state index contributed by atoms with van der Waals surface area (Å²) in [6.45, 7) is 2.00. The largest absolute Gasteiger partial charge is 0.508 e. The van der Waals surface area contributed by atoms with Gasteiger partial charge in [-0.05, 0) is 18.6 Å². The molecule has 4 heteroatoms. The van der Waals surface area contributed by atoms with Gasteiger partial charge in [-0.15, -0.1) is 0 Å². The number of carboxylic acid groups (broad SMARTS) is 1. The Labute approximate surface area is 90.5 Å². The quantitative estimate of drug-likeness (QED) is 0.877. The fraction of sp³-hybridized carbons (Fsp3) is 0.300. The minimum absolute atomic E-state index is 0.0404. The van der Waals surface area contributed by atoms with Crippen LogP contribution < -0.4 is 0 Å². The van der Waals surface area contributed by atoms with Gasteiger partial charge in [-0.2, -0.15) is 0 Å². The summed E-state index contributed by atoms with van der Waals surface area (Å²) in [4.78, 5) is 10.6. The molecule has 2 N–H and O–H groups in total. The summed E-state index contributed by atoms with van der Waals surface area (Å²) in [5, 5.41) is 18.3. The van der Waals surface area contributed by atoms with Crippen LogP contribution in [0.25, 0.3) is 0 Å².